The van der Waals surface area contributed by atoms with Crippen molar-refractivity contribution in [2.75, 3.05) is 13.2 Å². The molecule has 2 aliphatic rings. The van der Waals surface area contributed by atoms with Crippen LogP contribution in [0.2, 0.25) is 0 Å². The lowest BCUT2D eigenvalue weighted by Gasteiger charge is -2.44. The lowest BCUT2D eigenvalue weighted by atomic mass is 9.61. The van der Waals surface area contributed by atoms with E-state index in [9.17, 15) is 9.59 Å². The maximum Gasteiger partial charge on any atom is 0.302 e. The van der Waals surface area contributed by atoms with Crippen LogP contribution in [-0.4, -0.2) is 25.2 Å². The summed E-state index contributed by atoms with van der Waals surface area (Å²) in [4.78, 5) is 22.1. The van der Waals surface area contributed by atoms with Gasteiger partial charge >= 0.3 is 11.9 Å². The van der Waals surface area contributed by atoms with Crippen molar-refractivity contribution in [3.8, 4) is 0 Å². The lowest BCUT2D eigenvalue weighted by Crippen LogP contribution is -2.36. The zero-order valence-corrected chi connectivity index (χ0v) is 14.5. The Morgan fingerprint density at radius 1 is 1.17 bits per heavy atom. The molecule has 128 valence electrons. The van der Waals surface area contributed by atoms with E-state index < -0.39 is 0 Å². The molecule has 0 radical (unpaired) electrons. The number of hydrogen-bond donors (Lipinski definition) is 0. The van der Waals surface area contributed by atoms with Gasteiger partial charge in [0.05, 0.1) is 0 Å². The van der Waals surface area contributed by atoms with E-state index in [2.05, 4.69) is 19.6 Å². The van der Waals surface area contributed by atoms with Crippen LogP contribution in [0.3, 0.4) is 0 Å². The third-order valence-corrected chi connectivity index (χ3v) is 5.30. The Morgan fingerprint density at radius 3 is 2.52 bits per heavy atom. The third kappa shape index (κ3) is 4.69. The molecule has 2 aliphatic carbocycles. The quantitative estimate of drug-likeness (QED) is 0.573. The zero-order valence-electron chi connectivity index (χ0n) is 14.5. The van der Waals surface area contributed by atoms with Crippen molar-refractivity contribution in [3.63, 3.8) is 0 Å². The number of ether oxygens (including phenoxy) is 2. The summed E-state index contributed by atoms with van der Waals surface area (Å²) in [6.45, 7) is 10.1. The highest BCUT2D eigenvalue weighted by Gasteiger charge is 2.39. The first-order valence-corrected chi connectivity index (χ1v) is 8.52. The standard InChI is InChI=1S/C19H28O4/c1-12-5-7-18(13(2)10-22-14(3)20)19-9-16(6-8-17(12)19)11-23-15(4)21/h9,12,17-19H,2,5-8,10-11H2,1,3-4H3/t12-,17+,18+,19-/m1/s1. The van der Waals surface area contributed by atoms with Gasteiger partial charge in [-0.25, -0.2) is 0 Å². The second-order valence-corrected chi connectivity index (χ2v) is 6.98. The zero-order chi connectivity index (χ0) is 17.0. The van der Waals surface area contributed by atoms with Crippen LogP contribution < -0.4 is 0 Å². The fourth-order valence-electron chi connectivity index (χ4n) is 4.04. The van der Waals surface area contributed by atoms with E-state index >= 15 is 0 Å². The Balaban J connectivity index is 2.09. The van der Waals surface area contributed by atoms with E-state index in [1.54, 1.807) is 0 Å². The number of fused-ring (bicyclic) bond motifs is 1. The van der Waals surface area contributed by atoms with Gasteiger partial charge in [-0.05, 0) is 60.5 Å². The highest BCUT2D eigenvalue weighted by molar-refractivity contribution is 5.66. The fraction of sp³-hybridized carbons (Fsp3) is 0.684. The second-order valence-electron chi connectivity index (χ2n) is 6.98. The Kier molecular flexibility index (Phi) is 6.03. The Bertz CT molecular complexity index is 505. The summed E-state index contributed by atoms with van der Waals surface area (Å²) >= 11 is 0. The summed E-state index contributed by atoms with van der Waals surface area (Å²) in [6.07, 6.45) is 6.71. The SMILES string of the molecule is C=C(COC(C)=O)[C@@H]1CC[C@@H](C)[C@@H]2CCC(COC(C)=O)=C[C@H]21. The highest BCUT2D eigenvalue weighted by atomic mass is 16.5. The molecular formula is C19H28O4. The number of carbonyl (C=O) groups excluding carboxylic acids is 2. The van der Waals surface area contributed by atoms with Gasteiger partial charge in [-0.1, -0.05) is 19.6 Å². The molecule has 0 unspecified atom stereocenters. The van der Waals surface area contributed by atoms with Crippen LogP contribution in [0.15, 0.2) is 23.8 Å². The highest BCUT2D eigenvalue weighted by Crippen LogP contribution is 2.47. The Labute approximate surface area is 138 Å². The van der Waals surface area contributed by atoms with E-state index in [1.807, 2.05) is 0 Å². The van der Waals surface area contributed by atoms with E-state index in [1.165, 1.54) is 25.8 Å². The number of allylic oxidation sites excluding steroid dienone is 1. The average Bonchev–Trinajstić information content (AvgIpc) is 2.50. The van der Waals surface area contributed by atoms with Crippen LogP contribution in [0.4, 0.5) is 0 Å². The minimum absolute atomic E-state index is 0.235. The number of esters is 2. The summed E-state index contributed by atoms with van der Waals surface area (Å²) in [5, 5.41) is 0. The molecule has 0 bridgehead atoms. The summed E-state index contributed by atoms with van der Waals surface area (Å²) < 4.78 is 10.3. The molecule has 0 aromatic rings. The maximum absolute atomic E-state index is 11.0. The molecule has 0 aromatic heterocycles. The van der Waals surface area contributed by atoms with E-state index in [-0.39, 0.29) is 11.9 Å². The predicted octanol–water partition coefficient (Wildman–Crippen LogP) is 3.67. The van der Waals surface area contributed by atoms with E-state index in [0.717, 1.165) is 24.8 Å². The van der Waals surface area contributed by atoms with Gasteiger partial charge < -0.3 is 9.47 Å². The fourth-order valence-corrected chi connectivity index (χ4v) is 4.04. The molecule has 1 saturated carbocycles. The van der Waals surface area contributed by atoms with Gasteiger partial charge in [-0.3, -0.25) is 9.59 Å². The normalized spacial score (nSPS) is 30.0. The monoisotopic (exact) mass is 320 g/mol. The molecule has 1 fully saturated rings. The Hall–Kier alpha value is -1.58. The maximum atomic E-state index is 11.0. The molecule has 0 aromatic carbocycles. The molecule has 0 amide bonds. The van der Waals surface area contributed by atoms with Crippen molar-refractivity contribution in [2.24, 2.45) is 23.7 Å². The van der Waals surface area contributed by atoms with Crippen molar-refractivity contribution < 1.29 is 19.1 Å². The first-order valence-electron chi connectivity index (χ1n) is 8.52. The molecule has 0 N–H and O–H groups in total. The molecule has 0 saturated heterocycles. The van der Waals surface area contributed by atoms with E-state index in [4.69, 9.17) is 9.47 Å². The second kappa shape index (κ2) is 7.80. The minimum Gasteiger partial charge on any atom is -0.461 e. The molecule has 4 heteroatoms. The van der Waals surface area contributed by atoms with Crippen LogP contribution in [0.25, 0.3) is 0 Å². The summed E-state index contributed by atoms with van der Waals surface area (Å²) in [5.74, 6) is 1.61. The third-order valence-electron chi connectivity index (χ3n) is 5.30. The van der Waals surface area contributed by atoms with Crippen LogP contribution in [0.5, 0.6) is 0 Å². The topological polar surface area (TPSA) is 52.6 Å². The molecule has 4 atom stereocenters. The number of rotatable bonds is 5. The van der Waals surface area contributed by atoms with Crippen LogP contribution >= 0.6 is 0 Å². The van der Waals surface area contributed by atoms with Gasteiger partial charge in [-0.15, -0.1) is 0 Å². The van der Waals surface area contributed by atoms with Gasteiger partial charge in [0.15, 0.2) is 0 Å². The van der Waals surface area contributed by atoms with Crippen molar-refractivity contribution >= 4 is 11.9 Å². The van der Waals surface area contributed by atoms with Gasteiger partial charge in [0.2, 0.25) is 0 Å². The van der Waals surface area contributed by atoms with Gasteiger partial charge in [0.1, 0.15) is 13.2 Å². The lowest BCUT2D eigenvalue weighted by molar-refractivity contribution is -0.141. The smallest absolute Gasteiger partial charge is 0.302 e. The van der Waals surface area contributed by atoms with Crippen molar-refractivity contribution in [1.82, 2.24) is 0 Å². The van der Waals surface area contributed by atoms with Crippen LogP contribution in [0.1, 0.15) is 46.5 Å². The van der Waals surface area contributed by atoms with Crippen molar-refractivity contribution in [2.45, 2.75) is 46.5 Å². The molecule has 2 rings (SSSR count). The van der Waals surface area contributed by atoms with Crippen molar-refractivity contribution in [3.05, 3.63) is 23.8 Å². The van der Waals surface area contributed by atoms with Crippen LogP contribution in [0, 0.1) is 23.7 Å². The van der Waals surface area contributed by atoms with Gasteiger partial charge in [0, 0.05) is 13.8 Å². The molecule has 0 spiro atoms. The van der Waals surface area contributed by atoms with Crippen LogP contribution in [-0.2, 0) is 19.1 Å². The summed E-state index contributed by atoms with van der Waals surface area (Å²) in [5.41, 5.74) is 2.22. The van der Waals surface area contributed by atoms with Gasteiger partial charge in [0.25, 0.3) is 0 Å². The molecular weight excluding hydrogens is 292 g/mol. The minimum atomic E-state index is -0.262. The summed E-state index contributed by atoms with van der Waals surface area (Å²) in [7, 11) is 0. The summed E-state index contributed by atoms with van der Waals surface area (Å²) in [6, 6.07) is 0. The molecule has 23 heavy (non-hydrogen) atoms. The first kappa shape index (κ1) is 17.8. The molecule has 0 heterocycles. The van der Waals surface area contributed by atoms with E-state index in [0.29, 0.717) is 36.9 Å². The number of carbonyl (C=O) groups is 2. The molecule has 4 nitrogen and oxygen atoms in total. The first-order chi connectivity index (χ1) is 10.9. The molecule has 0 aliphatic heterocycles. The largest absolute Gasteiger partial charge is 0.461 e. The predicted molar refractivity (Wildman–Crippen MR) is 88.6 cm³/mol. The van der Waals surface area contributed by atoms with Crippen molar-refractivity contribution in [1.29, 1.82) is 0 Å². The average molecular weight is 320 g/mol. The van der Waals surface area contributed by atoms with Gasteiger partial charge in [-0.2, -0.15) is 0 Å². The number of hydrogen-bond acceptors (Lipinski definition) is 4. The Morgan fingerprint density at radius 2 is 1.87 bits per heavy atom.